The van der Waals surface area contributed by atoms with E-state index in [0.717, 1.165) is 12.8 Å². The number of halogens is 2. The number of carbonyl (C=O) groups excluding carboxylic acids is 1. The van der Waals surface area contributed by atoms with E-state index < -0.39 is 18.5 Å². The Kier molecular flexibility index (Phi) is 4.69. The first-order valence-electron chi connectivity index (χ1n) is 7.98. The molecular weight excluding hydrogens is 320 g/mol. The molecule has 7 heteroatoms. The highest BCUT2D eigenvalue weighted by atomic mass is 19.3. The zero-order chi connectivity index (χ0) is 17.3. The van der Waals surface area contributed by atoms with E-state index in [1.165, 1.54) is 12.1 Å². The van der Waals surface area contributed by atoms with Gasteiger partial charge >= 0.3 is 12.6 Å². The zero-order valence-corrected chi connectivity index (χ0v) is 13.0. The summed E-state index contributed by atoms with van der Waals surface area (Å²) in [6.45, 7) is -2.14. The van der Waals surface area contributed by atoms with Crippen molar-refractivity contribution in [2.24, 2.45) is 17.8 Å². The van der Waals surface area contributed by atoms with Crippen LogP contribution < -0.4 is 4.74 Å². The van der Waals surface area contributed by atoms with Gasteiger partial charge in [-0.15, -0.1) is 0 Å². The molecule has 0 radical (unpaired) electrons. The first kappa shape index (κ1) is 16.7. The van der Waals surface area contributed by atoms with Gasteiger partial charge in [-0.05, 0) is 42.4 Å². The van der Waals surface area contributed by atoms with Crippen LogP contribution in [0.4, 0.5) is 8.78 Å². The molecule has 1 aliphatic carbocycles. The lowest BCUT2D eigenvalue weighted by molar-refractivity contribution is -0.142. The lowest BCUT2D eigenvalue weighted by atomic mass is 9.92. The fraction of sp³-hybridized carbons (Fsp3) is 0.529. The second-order valence-corrected chi connectivity index (χ2v) is 6.44. The van der Waals surface area contributed by atoms with Crippen LogP contribution in [0.15, 0.2) is 24.3 Å². The maximum Gasteiger partial charge on any atom is 0.387 e. The standard InChI is InChI=1S/C17H19F2NO4/c18-17(19)24-12-5-1-10(2-6-12)7-15(21)20-8-13(11-3-4-11)14(9-20)16(22)23/h1-2,5-6,11,13-14,17H,3-4,7-9H2,(H,22,23)/t13-,14+/m1/s1. The number of hydrogen-bond donors (Lipinski definition) is 1. The van der Waals surface area contributed by atoms with Crippen LogP contribution in [0.25, 0.3) is 0 Å². The first-order valence-corrected chi connectivity index (χ1v) is 7.98. The minimum absolute atomic E-state index is 0.0436. The summed E-state index contributed by atoms with van der Waals surface area (Å²) >= 11 is 0. The van der Waals surface area contributed by atoms with Gasteiger partial charge in [0.15, 0.2) is 0 Å². The summed E-state index contributed by atoms with van der Waals surface area (Å²) in [5.74, 6) is -0.934. The van der Waals surface area contributed by atoms with E-state index in [4.69, 9.17) is 0 Å². The number of likely N-dealkylation sites (tertiary alicyclic amines) is 1. The van der Waals surface area contributed by atoms with Crippen LogP contribution in [0.2, 0.25) is 0 Å². The van der Waals surface area contributed by atoms with Crippen molar-refractivity contribution >= 4 is 11.9 Å². The van der Waals surface area contributed by atoms with Crippen LogP contribution in [0.3, 0.4) is 0 Å². The number of rotatable bonds is 6. The summed E-state index contributed by atoms with van der Waals surface area (Å²) in [6, 6.07) is 5.93. The topological polar surface area (TPSA) is 66.8 Å². The van der Waals surface area contributed by atoms with Gasteiger partial charge in [-0.2, -0.15) is 8.78 Å². The summed E-state index contributed by atoms with van der Waals surface area (Å²) in [5.41, 5.74) is 0.684. The van der Waals surface area contributed by atoms with Gasteiger partial charge in [-0.1, -0.05) is 12.1 Å². The SMILES string of the molecule is O=C(O)[C@H]1CN(C(=O)Cc2ccc(OC(F)F)cc2)C[C@@H]1C1CC1. The van der Waals surface area contributed by atoms with E-state index in [9.17, 15) is 23.5 Å². The predicted molar refractivity (Wildman–Crippen MR) is 80.7 cm³/mol. The number of aliphatic carboxylic acids is 1. The second kappa shape index (κ2) is 6.75. The van der Waals surface area contributed by atoms with Crippen molar-refractivity contribution in [1.82, 2.24) is 4.90 Å². The van der Waals surface area contributed by atoms with Gasteiger partial charge in [-0.25, -0.2) is 0 Å². The van der Waals surface area contributed by atoms with Crippen LogP contribution in [0.1, 0.15) is 18.4 Å². The maximum absolute atomic E-state index is 12.4. The second-order valence-electron chi connectivity index (χ2n) is 6.44. The molecule has 24 heavy (non-hydrogen) atoms. The van der Waals surface area contributed by atoms with Crippen LogP contribution in [-0.2, 0) is 16.0 Å². The average molecular weight is 339 g/mol. The fourth-order valence-corrected chi connectivity index (χ4v) is 3.37. The molecule has 0 aromatic heterocycles. The molecule has 1 heterocycles. The Balaban J connectivity index is 1.59. The van der Waals surface area contributed by atoms with E-state index in [1.54, 1.807) is 17.0 Å². The van der Waals surface area contributed by atoms with E-state index in [0.29, 0.717) is 18.0 Å². The monoisotopic (exact) mass is 339 g/mol. The van der Waals surface area contributed by atoms with Crippen molar-refractivity contribution in [3.8, 4) is 5.75 Å². The van der Waals surface area contributed by atoms with Gasteiger partial charge in [0, 0.05) is 13.1 Å². The van der Waals surface area contributed by atoms with Gasteiger partial charge in [0.25, 0.3) is 0 Å². The zero-order valence-electron chi connectivity index (χ0n) is 13.0. The Morgan fingerprint density at radius 2 is 1.88 bits per heavy atom. The van der Waals surface area contributed by atoms with Gasteiger partial charge in [0.1, 0.15) is 5.75 Å². The number of carboxylic acid groups (broad SMARTS) is 1. The summed E-state index contributed by atoms with van der Waals surface area (Å²) < 4.78 is 28.5. The molecule has 0 spiro atoms. The van der Waals surface area contributed by atoms with Crippen LogP contribution in [0.5, 0.6) is 5.75 Å². The molecule has 1 aromatic rings. The molecule has 0 bridgehead atoms. The number of carboxylic acids is 1. The molecule has 1 saturated carbocycles. The van der Waals surface area contributed by atoms with E-state index in [1.807, 2.05) is 0 Å². The molecule has 1 aliphatic heterocycles. The van der Waals surface area contributed by atoms with Crippen LogP contribution >= 0.6 is 0 Å². The van der Waals surface area contributed by atoms with Crippen LogP contribution in [-0.4, -0.2) is 41.6 Å². The minimum Gasteiger partial charge on any atom is -0.481 e. The smallest absolute Gasteiger partial charge is 0.387 e. The number of amides is 1. The Morgan fingerprint density at radius 3 is 2.42 bits per heavy atom. The largest absolute Gasteiger partial charge is 0.481 e. The summed E-state index contributed by atoms with van der Waals surface area (Å²) in [5, 5.41) is 9.34. The van der Waals surface area contributed by atoms with Gasteiger partial charge < -0.3 is 14.7 Å². The van der Waals surface area contributed by atoms with Gasteiger partial charge in [0.05, 0.1) is 12.3 Å². The molecule has 2 aliphatic rings. The Bertz CT molecular complexity index is 616. The molecule has 1 amide bonds. The highest BCUT2D eigenvalue weighted by Crippen LogP contribution is 2.44. The van der Waals surface area contributed by atoms with Crippen molar-refractivity contribution in [1.29, 1.82) is 0 Å². The van der Waals surface area contributed by atoms with Gasteiger partial charge in [-0.3, -0.25) is 9.59 Å². The number of ether oxygens (including phenoxy) is 1. The lowest BCUT2D eigenvalue weighted by Crippen LogP contribution is -2.31. The van der Waals surface area contributed by atoms with Crippen LogP contribution in [0, 0.1) is 17.8 Å². The number of alkyl halides is 2. The van der Waals surface area contributed by atoms with E-state index in [2.05, 4.69) is 4.74 Å². The predicted octanol–water partition coefficient (Wildman–Crippen LogP) is 2.40. The molecule has 1 saturated heterocycles. The Hall–Kier alpha value is -2.18. The lowest BCUT2D eigenvalue weighted by Gasteiger charge is -2.16. The summed E-state index contributed by atoms with van der Waals surface area (Å²) in [6.07, 6.45) is 2.21. The molecule has 2 atom stereocenters. The van der Waals surface area contributed by atoms with E-state index >= 15 is 0 Å². The maximum atomic E-state index is 12.4. The Labute approximate surface area is 138 Å². The summed E-state index contributed by atoms with van der Waals surface area (Å²) in [7, 11) is 0. The average Bonchev–Trinajstić information content (AvgIpc) is 3.26. The summed E-state index contributed by atoms with van der Waals surface area (Å²) in [4.78, 5) is 25.4. The molecule has 3 rings (SSSR count). The molecule has 0 unspecified atom stereocenters. The van der Waals surface area contributed by atoms with Gasteiger partial charge in [0.2, 0.25) is 5.91 Å². The van der Waals surface area contributed by atoms with Crippen molar-refractivity contribution in [3.63, 3.8) is 0 Å². The van der Waals surface area contributed by atoms with Crippen molar-refractivity contribution < 1.29 is 28.2 Å². The molecule has 1 N–H and O–H groups in total. The number of hydrogen-bond acceptors (Lipinski definition) is 3. The molecule has 2 fully saturated rings. The molecule has 130 valence electrons. The minimum atomic E-state index is -2.88. The third-order valence-electron chi connectivity index (χ3n) is 4.77. The highest BCUT2D eigenvalue weighted by Gasteiger charge is 2.46. The van der Waals surface area contributed by atoms with Crippen molar-refractivity contribution in [3.05, 3.63) is 29.8 Å². The number of nitrogens with zero attached hydrogens (tertiary/aromatic N) is 1. The highest BCUT2D eigenvalue weighted by molar-refractivity contribution is 5.81. The molecule has 1 aromatic carbocycles. The molecular formula is C17H19F2NO4. The fourth-order valence-electron chi connectivity index (χ4n) is 3.37. The number of benzene rings is 1. The normalized spacial score (nSPS) is 23.5. The third kappa shape index (κ3) is 3.83. The third-order valence-corrected chi connectivity index (χ3v) is 4.77. The van der Waals surface area contributed by atoms with Crippen molar-refractivity contribution in [2.45, 2.75) is 25.9 Å². The Morgan fingerprint density at radius 1 is 1.21 bits per heavy atom. The molecule has 5 nitrogen and oxygen atoms in total. The number of carbonyl (C=O) groups is 2. The first-order chi connectivity index (χ1) is 11.4. The van der Waals surface area contributed by atoms with E-state index in [-0.39, 0.29) is 30.5 Å². The quantitative estimate of drug-likeness (QED) is 0.864. The van der Waals surface area contributed by atoms with Crippen molar-refractivity contribution in [2.75, 3.05) is 13.1 Å².